The van der Waals surface area contributed by atoms with Gasteiger partial charge < -0.3 is 5.32 Å². The maximum absolute atomic E-state index is 12.4. The molecular weight excluding hydrogens is 278 g/mol. The van der Waals surface area contributed by atoms with Gasteiger partial charge in [-0.1, -0.05) is 0 Å². The number of anilines is 1. The van der Waals surface area contributed by atoms with Crippen LogP contribution >= 0.6 is 0 Å². The van der Waals surface area contributed by atoms with E-state index in [1.807, 2.05) is 36.3 Å². The SMILES string of the molecule is Cc1nn(C)c(C)c1CC(=O)Nc1ccnn1C(C)C1CC1. The van der Waals surface area contributed by atoms with Gasteiger partial charge in [-0.15, -0.1) is 0 Å². The van der Waals surface area contributed by atoms with E-state index in [0.717, 1.165) is 22.8 Å². The number of carbonyl (C=O) groups is 1. The van der Waals surface area contributed by atoms with Gasteiger partial charge >= 0.3 is 0 Å². The predicted molar refractivity (Wildman–Crippen MR) is 84.7 cm³/mol. The Hall–Kier alpha value is -2.11. The second kappa shape index (κ2) is 5.59. The van der Waals surface area contributed by atoms with Gasteiger partial charge in [-0.05, 0) is 39.5 Å². The molecule has 1 saturated carbocycles. The molecule has 0 bridgehead atoms. The zero-order chi connectivity index (χ0) is 15.9. The van der Waals surface area contributed by atoms with Crippen molar-refractivity contribution in [3.8, 4) is 0 Å². The minimum absolute atomic E-state index is 0.0241. The first-order chi connectivity index (χ1) is 10.5. The molecule has 1 fully saturated rings. The summed E-state index contributed by atoms with van der Waals surface area (Å²) in [5, 5.41) is 11.7. The molecule has 3 rings (SSSR count). The van der Waals surface area contributed by atoms with Gasteiger partial charge in [0.15, 0.2) is 0 Å². The molecule has 0 saturated heterocycles. The van der Waals surface area contributed by atoms with E-state index < -0.39 is 0 Å². The number of aromatic nitrogens is 4. The molecule has 2 aromatic rings. The van der Waals surface area contributed by atoms with Gasteiger partial charge in [-0.2, -0.15) is 10.2 Å². The average molecular weight is 301 g/mol. The van der Waals surface area contributed by atoms with Gasteiger partial charge in [0.25, 0.3) is 0 Å². The lowest BCUT2D eigenvalue weighted by Gasteiger charge is -2.15. The highest BCUT2D eigenvalue weighted by Crippen LogP contribution is 2.40. The lowest BCUT2D eigenvalue weighted by molar-refractivity contribution is -0.115. The Bertz CT molecular complexity index is 695. The van der Waals surface area contributed by atoms with Crippen LogP contribution in [0.15, 0.2) is 12.3 Å². The van der Waals surface area contributed by atoms with Gasteiger partial charge in [0, 0.05) is 24.4 Å². The molecular formula is C16H23N5O. The van der Waals surface area contributed by atoms with Crippen molar-refractivity contribution in [3.63, 3.8) is 0 Å². The normalized spacial score (nSPS) is 15.8. The van der Waals surface area contributed by atoms with Crippen molar-refractivity contribution >= 4 is 11.7 Å². The first kappa shape index (κ1) is 14.8. The van der Waals surface area contributed by atoms with Crippen molar-refractivity contribution in [2.45, 2.75) is 46.1 Å². The fourth-order valence-electron chi connectivity index (χ4n) is 2.94. The van der Waals surface area contributed by atoms with Crippen LogP contribution in [0.4, 0.5) is 5.82 Å². The summed E-state index contributed by atoms with van der Waals surface area (Å²) in [6.07, 6.45) is 4.59. The summed E-state index contributed by atoms with van der Waals surface area (Å²) in [6.45, 7) is 6.09. The quantitative estimate of drug-likeness (QED) is 0.922. The van der Waals surface area contributed by atoms with Crippen LogP contribution in [-0.4, -0.2) is 25.5 Å². The molecule has 0 aliphatic heterocycles. The van der Waals surface area contributed by atoms with E-state index in [4.69, 9.17) is 0 Å². The minimum Gasteiger partial charge on any atom is -0.311 e. The van der Waals surface area contributed by atoms with Gasteiger partial charge in [-0.25, -0.2) is 4.68 Å². The van der Waals surface area contributed by atoms with Crippen molar-refractivity contribution < 1.29 is 4.79 Å². The molecule has 1 unspecified atom stereocenters. The number of nitrogens with one attached hydrogen (secondary N) is 1. The molecule has 1 aliphatic carbocycles. The molecule has 1 N–H and O–H groups in total. The van der Waals surface area contributed by atoms with Crippen molar-refractivity contribution in [3.05, 3.63) is 29.2 Å². The average Bonchev–Trinajstić information content (AvgIpc) is 3.18. The summed E-state index contributed by atoms with van der Waals surface area (Å²) in [5.41, 5.74) is 2.95. The molecule has 0 radical (unpaired) electrons. The Kier molecular flexibility index (Phi) is 3.76. The first-order valence-corrected chi connectivity index (χ1v) is 7.79. The van der Waals surface area contributed by atoms with E-state index in [1.54, 1.807) is 6.20 Å². The van der Waals surface area contributed by atoms with Gasteiger partial charge in [0.2, 0.25) is 5.91 Å². The van der Waals surface area contributed by atoms with Gasteiger partial charge in [0.1, 0.15) is 5.82 Å². The summed E-state index contributed by atoms with van der Waals surface area (Å²) >= 11 is 0. The topological polar surface area (TPSA) is 64.7 Å². The maximum Gasteiger partial charge on any atom is 0.230 e. The van der Waals surface area contributed by atoms with Crippen LogP contribution in [-0.2, 0) is 18.3 Å². The van der Waals surface area contributed by atoms with E-state index >= 15 is 0 Å². The van der Waals surface area contributed by atoms with E-state index in [2.05, 4.69) is 22.4 Å². The highest BCUT2D eigenvalue weighted by molar-refractivity contribution is 5.91. The number of amides is 1. The molecule has 2 heterocycles. The molecule has 6 heteroatoms. The Balaban J connectivity index is 1.71. The van der Waals surface area contributed by atoms with Crippen LogP contribution in [0.3, 0.4) is 0 Å². The third-order valence-corrected chi connectivity index (χ3v) is 4.62. The fourth-order valence-corrected chi connectivity index (χ4v) is 2.94. The van der Waals surface area contributed by atoms with E-state index in [9.17, 15) is 4.79 Å². The molecule has 0 aromatic carbocycles. The van der Waals surface area contributed by atoms with Crippen LogP contribution in [0.5, 0.6) is 0 Å². The number of hydrogen-bond donors (Lipinski definition) is 1. The molecule has 1 atom stereocenters. The zero-order valence-corrected chi connectivity index (χ0v) is 13.6. The summed E-state index contributed by atoms with van der Waals surface area (Å²) in [7, 11) is 1.90. The summed E-state index contributed by atoms with van der Waals surface area (Å²) < 4.78 is 3.75. The minimum atomic E-state index is -0.0241. The zero-order valence-electron chi connectivity index (χ0n) is 13.6. The van der Waals surface area contributed by atoms with Crippen LogP contribution < -0.4 is 5.32 Å². The van der Waals surface area contributed by atoms with Crippen molar-refractivity contribution in [2.24, 2.45) is 13.0 Å². The van der Waals surface area contributed by atoms with Gasteiger partial charge in [-0.3, -0.25) is 9.48 Å². The predicted octanol–water partition coefficient (Wildman–Crippen LogP) is 2.39. The van der Waals surface area contributed by atoms with Crippen molar-refractivity contribution in [2.75, 3.05) is 5.32 Å². The lowest BCUT2D eigenvalue weighted by Crippen LogP contribution is -2.20. The van der Waals surface area contributed by atoms with Gasteiger partial charge in [0.05, 0.1) is 24.4 Å². The summed E-state index contributed by atoms with van der Waals surface area (Å²) in [5.74, 6) is 1.45. The largest absolute Gasteiger partial charge is 0.311 e. The Labute approximate surface area is 130 Å². The van der Waals surface area contributed by atoms with Crippen molar-refractivity contribution in [1.29, 1.82) is 0 Å². The van der Waals surface area contributed by atoms with Crippen LogP contribution in [0.1, 0.15) is 42.8 Å². The van der Waals surface area contributed by atoms with E-state index in [-0.39, 0.29) is 5.91 Å². The number of nitrogens with zero attached hydrogens (tertiary/aromatic N) is 4. The fraction of sp³-hybridized carbons (Fsp3) is 0.562. The number of aryl methyl sites for hydroxylation is 2. The van der Waals surface area contributed by atoms with E-state index in [1.165, 1.54) is 12.8 Å². The standard InChI is InChI=1S/C16H23N5O/c1-10-14(12(3)20(4)19-10)9-16(22)18-15-7-8-17-21(15)11(2)13-5-6-13/h7-8,11,13H,5-6,9H2,1-4H3,(H,18,22). The Morgan fingerprint density at radius 2 is 2.18 bits per heavy atom. The highest BCUT2D eigenvalue weighted by Gasteiger charge is 2.30. The number of hydrogen-bond acceptors (Lipinski definition) is 3. The second-order valence-corrected chi connectivity index (χ2v) is 6.24. The maximum atomic E-state index is 12.4. The van der Waals surface area contributed by atoms with Crippen LogP contribution in [0.2, 0.25) is 0 Å². The van der Waals surface area contributed by atoms with Crippen LogP contribution in [0.25, 0.3) is 0 Å². The molecule has 1 amide bonds. The smallest absolute Gasteiger partial charge is 0.230 e. The molecule has 0 spiro atoms. The Morgan fingerprint density at radius 3 is 2.77 bits per heavy atom. The summed E-state index contributed by atoms with van der Waals surface area (Å²) in [4.78, 5) is 12.4. The van der Waals surface area contributed by atoms with Crippen LogP contribution in [0, 0.1) is 19.8 Å². The second-order valence-electron chi connectivity index (χ2n) is 6.24. The third kappa shape index (κ3) is 2.77. The van der Waals surface area contributed by atoms with Crippen molar-refractivity contribution in [1.82, 2.24) is 19.6 Å². The lowest BCUT2D eigenvalue weighted by atomic mass is 10.1. The molecule has 2 aromatic heterocycles. The highest BCUT2D eigenvalue weighted by atomic mass is 16.1. The number of carbonyl (C=O) groups excluding carboxylic acids is 1. The molecule has 6 nitrogen and oxygen atoms in total. The molecule has 22 heavy (non-hydrogen) atoms. The molecule has 1 aliphatic rings. The molecule has 118 valence electrons. The monoisotopic (exact) mass is 301 g/mol. The van der Waals surface area contributed by atoms with E-state index in [0.29, 0.717) is 18.4 Å². The third-order valence-electron chi connectivity index (χ3n) is 4.62. The Morgan fingerprint density at radius 1 is 1.45 bits per heavy atom. The summed E-state index contributed by atoms with van der Waals surface area (Å²) in [6, 6.07) is 2.20. The first-order valence-electron chi connectivity index (χ1n) is 7.79. The number of rotatable bonds is 5.